The Morgan fingerprint density at radius 3 is 2.43 bits per heavy atom. The van der Waals surface area contributed by atoms with Gasteiger partial charge in [-0.2, -0.15) is 0 Å². The van der Waals surface area contributed by atoms with Crippen LogP contribution in [0.25, 0.3) is 0 Å². The average Bonchev–Trinajstić information content (AvgIpc) is 2.25. The Morgan fingerprint density at radius 1 is 1.07 bits per heavy atom. The number of hydrogen-bond acceptors (Lipinski definition) is 0. The fourth-order valence-corrected chi connectivity index (χ4v) is 5.24. The van der Waals surface area contributed by atoms with Gasteiger partial charge in [-0.3, -0.25) is 0 Å². The van der Waals surface area contributed by atoms with Gasteiger partial charge in [-0.15, -0.1) is 0 Å². The van der Waals surface area contributed by atoms with Crippen LogP contribution in [0.3, 0.4) is 0 Å². The Morgan fingerprint density at radius 2 is 1.79 bits per heavy atom. The third kappa shape index (κ3) is 4.53. The fraction of sp³-hybridized carbons (Fsp3) is 0.500. The average molecular weight is 273 g/mol. The van der Waals surface area contributed by atoms with Crippen molar-refractivity contribution >= 4 is 28.0 Å². The number of unbranched alkanes of at least 4 members (excludes halogenated alkanes) is 3. The Labute approximate surface area is 96.1 Å². The molecular weight excluding hydrogens is 255 g/mol. The summed E-state index contributed by atoms with van der Waals surface area (Å²) in [6, 6.07) is 10.6. The quantitative estimate of drug-likeness (QED) is 0.547. The van der Waals surface area contributed by atoms with Crippen LogP contribution in [0.2, 0.25) is 5.21 Å². The van der Waals surface area contributed by atoms with Crippen molar-refractivity contribution in [3.63, 3.8) is 0 Å². The predicted octanol–water partition coefficient (Wildman–Crippen LogP) is 3.70. The van der Waals surface area contributed by atoms with Gasteiger partial charge in [-0.1, -0.05) is 0 Å². The van der Waals surface area contributed by atoms with Gasteiger partial charge in [-0.05, 0) is 0 Å². The summed E-state index contributed by atoms with van der Waals surface area (Å²) in [5.74, 6) is 0. The molecule has 0 aliphatic rings. The summed E-state index contributed by atoms with van der Waals surface area (Å²) < 4.78 is 1.40. The molecular formula is C12H18AsCl. The standard InChI is InChI=1S/C12H18AsCl/c1-2-3-4-8-11-13(14)12-9-6-5-7-10-12/h5-7,9-10H,2-4,8,11H2,1H3. The van der Waals surface area contributed by atoms with Gasteiger partial charge < -0.3 is 0 Å². The minimum atomic E-state index is -1.20. The van der Waals surface area contributed by atoms with E-state index >= 15 is 0 Å². The van der Waals surface area contributed by atoms with Gasteiger partial charge in [0.1, 0.15) is 0 Å². The van der Waals surface area contributed by atoms with Crippen LogP contribution in [0.15, 0.2) is 30.3 Å². The van der Waals surface area contributed by atoms with E-state index in [-0.39, 0.29) is 0 Å². The number of hydrogen-bond donors (Lipinski definition) is 0. The first kappa shape index (κ1) is 12.1. The van der Waals surface area contributed by atoms with E-state index in [0.29, 0.717) is 0 Å². The molecule has 0 spiro atoms. The Hall–Kier alpha value is 0.0684. The zero-order valence-corrected chi connectivity index (χ0v) is 11.4. The molecule has 78 valence electrons. The molecule has 0 bridgehead atoms. The first-order valence-corrected chi connectivity index (χ1v) is 10.1. The van der Waals surface area contributed by atoms with Gasteiger partial charge in [0.25, 0.3) is 0 Å². The molecule has 0 aliphatic carbocycles. The summed E-state index contributed by atoms with van der Waals surface area (Å²) >= 11 is -1.20. The molecule has 14 heavy (non-hydrogen) atoms. The normalized spacial score (nSPS) is 12.7. The summed E-state index contributed by atoms with van der Waals surface area (Å²) in [4.78, 5) is 0. The van der Waals surface area contributed by atoms with Crippen LogP contribution in [0, 0.1) is 0 Å². The molecule has 1 aromatic rings. The molecule has 1 atom stereocenters. The number of halogens is 1. The topological polar surface area (TPSA) is 0 Å². The van der Waals surface area contributed by atoms with Crippen LogP contribution in [0.1, 0.15) is 32.6 Å². The zero-order valence-electron chi connectivity index (χ0n) is 8.75. The van der Waals surface area contributed by atoms with E-state index in [4.69, 9.17) is 9.95 Å². The summed E-state index contributed by atoms with van der Waals surface area (Å²) in [6.07, 6.45) is 5.32. The van der Waals surface area contributed by atoms with Crippen molar-refractivity contribution in [3.05, 3.63) is 30.3 Å². The van der Waals surface area contributed by atoms with Crippen LogP contribution in [-0.4, -0.2) is 13.7 Å². The first-order valence-electron chi connectivity index (χ1n) is 5.33. The molecule has 0 fully saturated rings. The van der Waals surface area contributed by atoms with Gasteiger partial charge in [0, 0.05) is 0 Å². The van der Waals surface area contributed by atoms with Gasteiger partial charge in [0.15, 0.2) is 0 Å². The SMILES string of the molecule is CCCCCC[As](Cl)c1ccccc1. The number of benzene rings is 1. The third-order valence-electron chi connectivity index (χ3n) is 2.24. The third-order valence-corrected chi connectivity index (χ3v) is 7.43. The van der Waals surface area contributed by atoms with Crippen LogP contribution in [-0.2, 0) is 0 Å². The molecule has 0 amide bonds. The van der Waals surface area contributed by atoms with Gasteiger partial charge in [-0.25, -0.2) is 0 Å². The summed E-state index contributed by atoms with van der Waals surface area (Å²) in [7, 11) is 6.43. The van der Waals surface area contributed by atoms with Crippen LogP contribution < -0.4 is 4.35 Å². The van der Waals surface area contributed by atoms with E-state index in [0.717, 1.165) is 0 Å². The fourth-order valence-electron chi connectivity index (χ4n) is 1.40. The van der Waals surface area contributed by atoms with Gasteiger partial charge in [0.2, 0.25) is 0 Å². The molecule has 2 heteroatoms. The minimum absolute atomic E-state index is 1.20. The van der Waals surface area contributed by atoms with E-state index < -0.39 is 13.7 Å². The maximum atomic E-state index is 6.43. The molecule has 0 nitrogen and oxygen atoms in total. The van der Waals surface area contributed by atoms with Crippen LogP contribution in [0.4, 0.5) is 0 Å². The second-order valence-corrected chi connectivity index (χ2v) is 9.14. The van der Waals surface area contributed by atoms with E-state index in [2.05, 4.69) is 37.3 Å². The van der Waals surface area contributed by atoms with E-state index in [9.17, 15) is 0 Å². The molecule has 0 aromatic heterocycles. The first-order chi connectivity index (χ1) is 6.84. The van der Waals surface area contributed by atoms with Crippen molar-refractivity contribution in [1.82, 2.24) is 0 Å². The van der Waals surface area contributed by atoms with E-state index in [1.165, 1.54) is 35.2 Å². The van der Waals surface area contributed by atoms with Gasteiger partial charge in [0.05, 0.1) is 0 Å². The maximum absolute atomic E-state index is 6.43. The van der Waals surface area contributed by atoms with Crippen molar-refractivity contribution in [1.29, 1.82) is 0 Å². The zero-order chi connectivity index (χ0) is 10.2. The van der Waals surface area contributed by atoms with Crippen LogP contribution in [0.5, 0.6) is 0 Å². The van der Waals surface area contributed by atoms with E-state index in [1.54, 1.807) is 0 Å². The van der Waals surface area contributed by atoms with Crippen molar-refractivity contribution in [3.8, 4) is 0 Å². The molecule has 0 N–H and O–H groups in total. The molecule has 1 rings (SSSR count). The van der Waals surface area contributed by atoms with Crippen molar-refractivity contribution in [2.24, 2.45) is 0 Å². The molecule has 0 saturated carbocycles. The Bertz CT molecular complexity index is 235. The molecule has 0 heterocycles. The molecule has 1 unspecified atom stereocenters. The molecule has 0 radical (unpaired) electrons. The van der Waals surface area contributed by atoms with E-state index in [1.807, 2.05) is 0 Å². The van der Waals surface area contributed by atoms with Crippen LogP contribution >= 0.6 is 9.95 Å². The second-order valence-electron chi connectivity index (χ2n) is 3.48. The second kappa shape index (κ2) is 7.37. The van der Waals surface area contributed by atoms with Gasteiger partial charge >= 0.3 is 96.2 Å². The summed E-state index contributed by atoms with van der Waals surface area (Å²) in [6.45, 7) is 2.24. The molecule has 0 saturated heterocycles. The van der Waals surface area contributed by atoms with Crippen molar-refractivity contribution in [2.75, 3.05) is 0 Å². The Kier molecular flexibility index (Phi) is 6.39. The van der Waals surface area contributed by atoms with Crippen molar-refractivity contribution in [2.45, 2.75) is 37.8 Å². The number of rotatable bonds is 6. The molecule has 0 aliphatic heterocycles. The summed E-state index contributed by atoms with van der Waals surface area (Å²) in [5.41, 5.74) is 0. The summed E-state index contributed by atoms with van der Waals surface area (Å²) in [5, 5.41) is 1.25. The Balaban J connectivity index is 2.25. The monoisotopic (exact) mass is 272 g/mol. The van der Waals surface area contributed by atoms with Crippen molar-refractivity contribution < 1.29 is 0 Å². The predicted molar refractivity (Wildman–Crippen MR) is 66.6 cm³/mol. The molecule has 1 aromatic carbocycles.